The molecule has 0 spiro atoms. The molecule has 8 heteroatoms. The molecular formula is C18H21F3N2O3. The van der Waals surface area contributed by atoms with E-state index in [2.05, 4.69) is 5.32 Å². The van der Waals surface area contributed by atoms with Crippen LogP contribution in [-0.2, 0) is 9.59 Å². The van der Waals surface area contributed by atoms with Crippen molar-refractivity contribution in [3.63, 3.8) is 0 Å². The smallest absolute Gasteiger partial charge is 0.408 e. The molecule has 0 aliphatic carbocycles. The van der Waals surface area contributed by atoms with E-state index < -0.39 is 30.0 Å². The minimum absolute atomic E-state index is 0.121. The third-order valence-electron chi connectivity index (χ3n) is 4.85. The Bertz CT molecular complexity index is 720. The Hall–Kier alpha value is -2.25. The largest absolute Gasteiger partial charge is 0.490 e. The molecule has 2 amide bonds. The van der Waals surface area contributed by atoms with E-state index in [1.807, 2.05) is 37.4 Å². The van der Waals surface area contributed by atoms with Gasteiger partial charge in [0, 0.05) is 12.0 Å². The molecule has 0 aromatic heterocycles. The fraction of sp³-hybridized carbons (Fsp3) is 0.556. The van der Waals surface area contributed by atoms with Crippen molar-refractivity contribution in [1.82, 2.24) is 10.6 Å². The number of benzene rings is 1. The first-order chi connectivity index (χ1) is 12.1. The fourth-order valence-corrected chi connectivity index (χ4v) is 3.47. The highest BCUT2D eigenvalue weighted by Gasteiger charge is 2.46. The second-order valence-corrected chi connectivity index (χ2v) is 7.00. The van der Waals surface area contributed by atoms with Crippen LogP contribution in [0.25, 0.3) is 0 Å². The summed E-state index contributed by atoms with van der Waals surface area (Å²) >= 11 is 0. The van der Waals surface area contributed by atoms with Gasteiger partial charge in [-0.15, -0.1) is 0 Å². The van der Waals surface area contributed by atoms with Gasteiger partial charge >= 0.3 is 6.18 Å². The summed E-state index contributed by atoms with van der Waals surface area (Å²) in [5, 5.41) is 4.73. The SMILES string of the molecule is Cc1ccc2c(c1)OC(C)CC2NC(=O)C1CCC(C(F)(F)F)NC1=O. The number of piperidine rings is 1. The molecule has 2 aliphatic rings. The van der Waals surface area contributed by atoms with E-state index in [1.54, 1.807) is 0 Å². The highest BCUT2D eigenvalue weighted by atomic mass is 19.4. The van der Waals surface area contributed by atoms with Gasteiger partial charge in [-0.05, 0) is 38.3 Å². The van der Waals surface area contributed by atoms with Crippen LogP contribution in [0.5, 0.6) is 5.75 Å². The van der Waals surface area contributed by atoms with Gasteiger partial charge in [0.1, 0.15) is 17.7 Å². The molecule has 3 rings (SSSR count). The van der Waals surface area contributed by atoms with Crippen molar-refractivity contribution in [1.29, 1.82) is 0 Å². The molecule has 5 nitrogen and oxygen atoms in total. The number of hydrogen-bond donors (Lipinski definition) is 2. The van der Waals surface area contributed by atoms with Crippen molar-refractivity contribution in [2.24, 2.45) is 5.92 Å². The van der Waals surface area contributed by atoms with Crippen LogP contribution in [0.3, 0.4) is 0 Å². The highest BCUT2D eigenvalue weighted by molar-refractivity contribution is 6.01. The summed E-state index contributed by atoms with van der Waals surface area (Å²) in [6.45, 7) is 3.81. The topological polar surface area (TPSA) is 67.4 Å². The zero-order valence-corrected chi connectivity index (χ0v) is 14.5. The standard InChI is InChI=1S/C18H21F3N2O3/c1-9-3-4-11-13(8-10(2)26-14(11)7-9)22-16(24)12-5-6-15(18(19,20)21)23-17(12)25/h3-4,7,10,12-13,15H,5-6,8H2,1-2H3,(H,22,24)(H,23,25). The molecule has 4 atom stereocenters. The average Bonchev–Trinajstić information content (AvgIpc) is 2.53. The van der Waals surface area contributed by atoms with Gasteiger partial charge in [0.05, 0.1) is 12.1 Å². The number of alkyl halides is 3. The van der Waals surface area contributed by atoms with Crippen LogP contribution in [0.15, 0.2) is 18.2 Å². The van der Waals surface area contributed by atoms with Gasteiger partial charge in [-0.2, -0.15) is 13.2 Å². The summed E-state index contributed by atoms with van der Waals surface area (Å²) in [6, 6.07) is 3.42. The molecule has 2 heterocycles. The monoisotopic (exact) mass is 370 g/mol. The quantitative estimate of drug-likeness (QED) is 0.787. The van der Waals surface area contributed by atoms with Gasteiger partial charge in [0.2, 0.25) is 11.8 Å². The lowest BCUT2D eigenvalue weighted by molar-refractivity contribution is -0.171. The Morgan fingerprint density at radius 3 is 2.69 bits per heavy atom. The van der Waals surface area contributed by atoms with Gasteiger partial charge in [-0.25, -0.2) is 0 Å². The number of nitrogens with one attached hydrogen (secondary N) is 2. The molecule has 0 bridgehead atoms. The number of ether oxygens (including phenoxy) is 1. The molecule has 26 heavy (non-hydrogen) atoms. The van der Waals surface area contributed by atoms with Crippen molar-refractivity contribution >= 4 is 11.8 Å². The highest BCUT2D eigenvalue weighted by Crippen LogP contribution is 2.36. The van der Waals surface area contributed by atoms with Gasteiger partial charge < -0.3 is 15.4 Å². The molecule has 1 fully saturated rings. The van der Waals surface area contributed by atoms with Gasteiger partial charge in [-0.1, -0.05) is 12.1 Å². The van der Waals surface area contributed by atoms with Gasteiger partial charge in [-0.3, -0.25) is 9.59 Å². The Labute approximate surface area is 149 Å². The predicted molar refractivity (Wildman–Crippen MR) is 87.5 cm³/mol. The number of amides is 2. The third kappa shape index (κ3) is 3.78. The van der Waals surface area contributed by atoms with E-state index in [9.17, 15) is 22.8 Å². The van der Waals surface area contributed by atoms with E-state index >= 15 is 0 Å². The zero-order chi connectivity index (χ0) is 19.1. The summed E-state index contributed by atoms with van der Waals surface area (Å²) in [6.07, 6.45) is -4.51. The van der Waals surface area contributed by atoms with Crippen molar-refractivity contribution in [2.45, 2.75) is 57.5 Å². The zero-order valence-electron chi connectivity index (χ0n) is 14.5. The van der Waals surface area contributed by atoms with Gasteiger partial charge in [0.15, 0.2) is 0 Å². The van der Waals surface area contributed by atoms with Crippen molar-refractivity contribution < 1.29 is 27.5 Å². The average molecular weight is 370 g/mol. The maximum atomic E-state index is 12.7. The molecule has 1 aromatic carbocycles. The first kappa shape index (κ1) is 18.5. The number of aryl methyl sites for hydroxylation is 1. The first-order valence-electron chi connectivity index (χ1n) is 8.60. The molecule has 2 N–H and O–H groups in total. The molecule has 4 unspecified atom stereocenters. The second-order valence-electron chi connectivity index (χ2n) is 7.00. The van der Waals surface area contributed by atoms with Crippen LogP contribution < -0.4 is 15.4 Å². The van der Waals surface area contributed by atoms with E-state index in [-0.39, 0.29) is 25.0 Å². The van der Waals surface area contributed by atoms with Crippen LogP contribution in [0.4, 0.5) is 13.2 Å². The lowest BCUT2D eigenvalue weighted by Gasteiger charge is -2.34. The summed E-state index contributed by atoms with van der Waals surface area (Å²) in [5.74, 6) is -1.85. The maximum absolute atomic E-state index is 12.7. The van der Waals surface area contributed by atoms with Crippen LogP contribution in [0, 0.1) is 12.8 Å². The van der Waals surface area contributed by atoms with E-state index in [0.717, 1.165) is 11.1 Å². The van der Waals surface area contributed by atoms with Crippen LogP contribution in [-0.4, -0.2) is 30.1 Å². The molecule has 142 valence electrons. The minimum atomic E-state index is -4.50. The Morgan fingerprint density at radius 2 is 2.04 bits per heavy atom. The summed E-state index contributed by atoms with van der Waals surface area (Å²) < 4.78 is 44.0. The van der Waals surface area contributed by atoms with E-state index in [0.29, 0.717) is 12.2 Å². The van der Waals surface area contributed by atoms with Crippen LogP contribution in [0.2, 0.25) is 0 Å². The first-order valence-corrected chi connectivity index (χ1v) is 8.60. The normalized spacial score (nSPS) is 28.6. The van der Waals surface area contributed by atoms with Crippen molar-refractivity contribution in [3.8, 4) is 5.75 Å². The molecule has 2 aliphatic heterocycles. The molecule has 1 aromatic rings. The molecular weight excluding hydrogens is 349 g/mol. The Balaban J connectivity index is 1.70. The third-order valence-corrected chi connectivity index (χ3v) is 4.85. The lowest BCUT2D eigenvalue weighted by Crippen LogP contribution is -2.54. The lowest BCUT2D eigenvalue weighted by atomic mass is 9.91. The second kappa shape index (κ2) is 6.81. The number of fused-ring (bicyclic) bond motifs is 1. The minimum Gasteiger partial charge on any atom is -0.490 e. The summed E-state index contributed by atoms with van der Waals surface area (Å²) in [5.41, 5.74) is 1.83. The van der Waals surface area contributed by atoms with Crippen molar-refractivity contribution in [2.75, 3.05) is 0 Å². The molecule has 0 radical (unpaired) electrons. The van der Waals surface area contributed by atoms with Gasteiger partial charge in [0.25, 0.3) is 0 Å². The number of rotatable bonds is 2. The summed E-state index contributed by atoms with van der Waals surface area (Å²) in [4.78, 5) is 24.5. The van der Waals surface area contributed by atoms with E-state index in [1.165, 1.54) is 0 Å². The van der Waals surface area contributed by atoms with Crippen LogP contribution >= 0.6 is 0 Å². The Kier molecular flexibility index (Phi) is 4.86. The van der Waals surface area contributed by atoms with Crippen LogP contribution in [0.1, 0.15) is 43.4 Å². The fourth-order valence-electron chi connectivity index (χ4n) is 3.47. The predicted octanol–water partition coefficient (Wildman–Crippen LogP) is 2.78. The Morgan fingerprint density at radius 1 is 1.31 bits per heavy atom. The molecule has 1 saturated heterocycles. The number of carbonyl (C=O) groups is 2. The molecule has 0 saturated carbocycles. The number of carbonyl (C=O) groups excluding carboxylic acids is 2. The maximum Gasteiger partial charge on any atom is 0.408 e. The van der Waals surface area contributed by atoms with Crippen molar-refractivity contribution in [3.05, 3.63) is 29.3 Å². The summed E-state index contributed by atoms with van der Waals surface area (Å²) in [7, 11) is 0. The van der Waals surface area contributed by atoms with E-state index in [4.69, 9.17) is 4.74 Å². The number of halogens is 3. The number of hydrogen-bond acceptors (Lipinski definition) is 3.